The van der Waals surface area contributed by atoms with Crippen molar-refractivity contribution in [3.8, 4) is 0 Å². The van der Waals surface area contributed by atoms with Crippen LogP contribution in [0.5, 0.6) is 0 Å². The fraction of sp³-hybridized carbons (Fsp3) is 0.250. The fourth-order valence-corrected chi connectivity index (χ4v) is 0.209. The third-order valence-electron chi connectivity index (χ3n) is 0.398. The van der Waals surface area contributed by atoms with Gasteiger partial charge in [0.05, 0.1) is 0 Å². The minimum atomic E-state index is -1.81. The molecule has 0 atom stereocenters. The molecule has 0 aromatic heterocycles. The predicted molar refractivity (Wildman–Crippen MR) is 58.5 cm³/mol. The summed E-state index contributed by atoms with van der Waals surface area (Å²) in [5.41, 5.74) is 0. The Morgan fingerprint density at radius 1 is 0.933 bits per heavy atom. The summed E-state index contributed by atoms with van der Waals surface area (Å²) in [6, 6.07) is 0. The molecule has 0 aliphatic heterocycles. The average molecular weight is 262 g/mol. The van der Waals surface area contributed by atoms with E-state index in [4.69, 9.17) is 5.11 Å². The summed E-state index contributed by atoms with van der Waals surface area (Å²) in [5, 5.41) is 7.76. The van der Waals surface area contributed by atoms with Crippen molar-refractivity contribution in [2.75, 3.05) is 0 Å². The molecule has 0 aromatic rings. The molecule has 0 rings (SSSR count). The van der Waals surface area contributed by atoms with Gasteiger partial charge in [-0.2, -0.15) is 0 Å². The first-order valence-corrected chi connectivity index (χ1v) is 2.15. The number of rotatable bonds is 0. The van der Waals surface area contributed by atoms with E-state index in [1.165, 1.54) is 0 Å². The Morgan fingerprint density at radius 3 is 1.47 bits per heavy atom. The Kier molecular flexibility index (Phi) is 51.9. The zero-order chi connectivity index (χ0) is 8.15. The summed E-state index contributed by atoms with van der Waals surface area (Å²) < 4.78 is 7.08. The van der Waals surface area contributed by atoms with Gasteiger partial charge in [-0.3, -0.25) is 4.79 Å². The van der Waals surface area contributed by atoms with Gasteiger partial charge in [0.15, 0.2) is 0 Å². The van der Waals surface area contributed by atoms with E-state index in [1.54, 1.807) is 0 Å². The van der Waals surface area contributed by atoms with E-state index in [2.05, 4.69) is 9.47 Å². The van der Waals surface area contributed by atoms with Gasteiger partial charge in [-0.1, -0.05) is 0 Å². The second-order valence-electron chi connectivity index (χ2n) is 1.21. The van der Waals surface area contributed by atoms with Gasteiger partial charge in [0.1, 0.15) is 0 Å². The first-order chi connectivity index (χ1) is 4.52. The summed E-state index contributed by atoms with van der Waals surface area (Å²) in [5.74, 6) is -0.925. The molecule has 0 saturated heterocycles. The van der Waals surface area contributed by atoms with Crippen molar-refractivity contribution in [2.45, 2.75) is 6.92 Å². The molecule has 0 amide bonds. The SMILES string of the molecule is CC(=O)OC(=O)OC(=O)O.O.[NaH].[NaH].[NaH].[NaH]. The topological polar surface area (TPSA) is 121 Å². The minimum absolute atomic E-state index is 0. The van der Waals surface area contributed by atoms with Crippen molar-refractivity contribution >= 4 is 137 Å². The Morgan fingerprint density at radius 2 is 1.27 bits per heavy atom. The normalized spacial score (nSPS) is 5.40. The third kappa shape index (κ3) is 31.4. The maximum atomic E-state index is 10.0. The van der Waals surface area contributed by atoms with E-state index < -0.39 is 18.3 Å². The second kappa shape index (κ2) is 21.6. The molecule has 15 heavy (non-hydrogen) atoms. The molecule has 0 fully saturated rings. The van der Waals surface area contributed by atoms with Crippen LogP contribution in [-0.2, 0) is 14.3 Å². The zero-order valence-electron chi connectivity index (χ0n) is 5.49. The van der Waals surface area contributed by atoms with E-state index in [0.29, 0.717) is 0 Å². The monoisotopic (exact) mass is 262 g/mol. The van der Waals surface area contributed by atoms with Gasteiger partial charge in [0.25, 0.3) is 0 Å². The fourth-order valence-electron chi connectivity index (χ4n) is 0.209. The molecule has 0 radical (unpaired) electrons. The molecular formula is C4H10Na4O7. The Bertz CT molecular complexity index is 166. The van der Waals surface area contributed by atoms with Gasteiger partial charge in [-0.05, 0) is 0 Å². The quantitative estimate of drug-likeness (QED) is 0.281. The predicted octanol–water partition coefficient (Wildman–Crippen LogP) is -3.05. The van der Waals surface area contributed by atoms with Crippen molar-refractivity contribution in [1.82, 2.24) is 0 Å². The van der Waals surface area contributed by atoms with Crippen LogP contribution in [0, 0.1) is 0 Å². The van der Waals surface area contributed by atoms with Crippen molar-refractivity contribution in [2.24, 2.45) is 0 Å². The zero-order valence-corrected chi connectivity index (χ0v) is 5.49. The van der Waals surface area contributed by atoms with E-state index in [0.717, 1.165) is 6.92 Å². The molecule has 0 aliphatic rings. The van der Waals surface area contributed by atoms with Crippen molar-refractivity contribution in [3.05, 3.63) is 0 Å². The average Bonchev–Trinajstić information content (AvgIpc) is 1.58. The van der Waals surface area contributed by atoms with Crippen LogP contribution < -0.4 is 0 Å². The molecule has 3 N–H and O–H groups in total. The first-order valence-electron chi connectivity index (χ1n) is 2.15. The number of ether oxygens (including phenoxy) is 2. The Balaban J connectivity index is -0.0000000405. The van der Waals surface area contributed by atoms with Crippen molar-refractivity contribution in [1.29, 1.82) is 0 Å². The summed E-state index contributed by atoms with van der Waals surface area (Å²) in [6.07, 6.45) is -3.36. The van der Waals surface area contributed by atoms with Gasteiger partial charge in [0, 0.05) is 6.92 Å². The van der Waals surface area contributed by atoms with Crippen LogP contribution in [0.25, 0.3) is 0 Å². The van der Waals surface area contributed by atoms with Gasteiger partial charge in [-0.15, -0.1) is 0 Å². The molecule has 11 heteroatoms. The van der Waals surface area contributed by atoms with Crippen LogP contribution in [0.1, 0.15) is 6.92 Å². The Hall–Kier alpha value is 2.37. The van der Waals surface area contributed by atoms with Crippen LogP contribution in [-0.4, -0.2) is 147 Å². The summed E-state index contributed by atoms with van der Waals surface area (Å²) in [6.45, 7) is 0.948. The van der Waals surface area contributed by atoms with Crippen LogP contribution in [0.2, 0.25) is 0 Å². The van der Waals surface area contributed by atoms with Crippen molar-refractivity contribution < 1.29 is 34.4 Å². The summed E-state index contributed by atoms with van der Waals surface area (Å²) in [4.78, 5) is 29.5. The van der Waals surface area contributed by atoms with Gasteiger partial charge < -0.3 is 20.1 Å². The van der Waals surface area contributed by atoms with Crippen LogP contribution in [0.15, 0.2) is 0 Å². The molecule has 0 aromatic carbocycles. The molecule has 0 bridgehead atoms. The van der Waals surface area contributed by atoms with Gasteiger partial charge >= 0.3 is 137 Å². The standard InChI is InChI=1S/C4H4O6.4Na.H2O.4H/c1-2(5)9-4(8)10-3(6)7;;;;;;;;;/h1H3,(H,6,7);;;;;1H2;;;;. The second-order valence-corrected chi connectivity index (χ2v) is 1.21. The summed E-state index contributed by atoms with van der Waals surface area (Å²) in [7, 11) is 0. The van der Waals surface area contributed by atoms with Gasteiger partial charge in [-0.25, -0.2) is 9.59 Å². The first kappa shape index (κ1) is 36.0. The number of carboxylic acid groups (broad SMARTS) is 1. The van der Waals surface area contributed by atoms with Crippen LogP contribution in [0.3, 0.4) is 0 Å². The molecule has 0 heterocycles. The summed E-state index contributed by atoms with van der Waals surface area (Å²) >= 11 is 0. The molecule has 7 nitrogen and oxygen atoms in total. The van der Waals surface area contributed by atoms with Crippen LogP contribution in [0.4, 0.5) is 9.59 Å². The maximum absolute atomic E-state index is 10.0. The number of hydrogen-bond donors (Lipinski definition) is 1. The third-order valence-corrected chi connectivity index (χ3v) is 0.398. The van der Waals surface area contributed by atoms with Gasteiger partial charge in [0.2, 0.25) is 0 Å². The molecule has 0 saturated carbocycles. The van der Waals surface area contributed by atoms with Crippen molar-refractivity contribution in [3.63, 3.8) is 0 Å². The number of carbonyl (C=O) groups is 3. The van der Waals surface area contributed by atoms with E-state index in [1.807, 2.05) is 0 Å². The molecular weight excluding hydrogens is 252 g/mol. The van der Waals surface area contributed by atoms with E-state index in [9.17, 15) is 14.4 Å². The number of carbonyl (C=O) groups excluding carboxylic acids is 2. The van der Waals surface area contributed by atoms with E-state index >= 15 is 0 Å². The molecule has 0 unspecified atom stereocenters. The number of hydrogen-bond acceptors (Lipinski definition) is 5. The number of esters is 1. The molecule has 72 valence electrons. The molecule has 0 spiro atoms. The Labute approximate surface area is 174 Å². The van der Waals surface area contributed by atoms with E-state index in [-0.39, 0.29) is 124 Å². The molecule has 0 aliphatic carbocycles. The van der Waals surface area contributed by atoms with Crippen LogP contribution >= 0.6 is 0 Å².